The van der Waals surface area contributed by atoms with Crippen LogP contribution in [0.4, 0.5) is 10.1 Å². The van der Waals surface area contributed by atoms with Gasteiger partial charge in [-0.3, -0.25) is 4.79 Å². The highest BCUT2D eigenvalue weighted by molar-refractivity contribution is 6.03. The van der Waals surface area contributed by atoms with Crippen LogP contribution in [-0.2, 0) is 9.53 Å². The molecule has 0 aromatic heterocycles. The minimum atomic E-state index is -0.668. The fourth-order valence-electron chi connectivity index (χ4n) is 2.19. The molecule has 0 saturated carbocycles. The van der Waals surface area contributed by atoms with Crippen molar-refractivity contribution in [2.45, 2.75) is 6.42 Å². The maximum absolute atomic E-state index is 13.2. The van der Waals surface area contributed by atoms with Crippen LogP contribution in [0.1, 0.15) is 16.8 Å². The van der Waals surface area contributed by atoms with E-state index in [1.807, 2.05) is 0 Å². The zero-order valence-electron chi connectivity index (χ0n) is 10.6. The van der Waals surface area contributed by atoms with Gasteiger partial charge < -0.3 is 15.4 Å². The van der Waals surface area contributed by atoms with Crippen molar-refractivity contribution in [3.63, 3.8) is 0 Å². The Morgan fingerprint density at radius 1 is 1.58 bits per heavy atom. The molecule has 1 fully saturated rings. The van der Waals surface area contributed by atoms with Crippen molar-refractivity contribution in [1.82, 2.24) is 0 Å². The maximum Gasteiger partial charge on any atom is 0.340 e. The number of methoxy groups -OCH3 is 1. The molecule has 1 aromatic rings. The fraction of sp³-hybridized carbons (Fsp3) is 0.385. The standard InChI is InChI=1S/C13H15FN2O3/c1-19-13(18)10-5-9(14)2-3-11(10)16-7-8(6-15)4-12(16)17/h2-3,5,8H,4,6-7,15H2,1H3. The van der Waals surface area contributed by atoms with Crippen LogP contribution in [0.3, 0.4) is 0 Å². The first-order chi connectivity index (χ1) is 9.06. The van der Waals surface area contributed by atoms with Crippen LogP contribution >= 0.6 is 0 Å². The van der Waals surface area contributed by atoms with Gasteiger partial charge in [-0.25, -0.2) is 9.18 Å². The number of benzene rings is 1. The van der Waals surface area contributed by atoms with Crippen molar-refractivity contribution in [3.8, 4) is 0 Å². The van der Waals surface area contributed by atoms with Crippen molar-refractivity contribution in [3.05, 3.63) is 29.6 Å². The van der Waals surface area contributed by atoms with Gasteiger partial charge in [0.05, 0.1) is 18.4 Å². The predicted octanol–water partition coefficient (Wildman–Crippen LogP) is 0.924. The second kappa shape index (κ2) is 5.36. The molecule has 1 saturated heterocycles. The third-order valence-corrected chi connectivity index (χ3v) is 3.19. The highest BCUT2D eigenvalue weighted by Gasteiger charge is 2.32. The Morgan fingerprint density at radius 3 is 2.89 bits per heavy atom. The van der Waals surface area contributed by atoms with Gasteiger partial charge in [-0.1, -0.05) is 0 Å². The van der Waals surface area contributed by atoms with Crippen LogP contribution in [0, 0.1) is 11.7 Å². The number of nitrogens with zero attached hydrogens (tertiary/aromatic N) is 1. The monoisotopic (exact) mass is 266 g/mol. The summed E-state index contributed by atoms with van der Waals surface area (Å²) in [4.78, 5) is 25.0. The molecular formula is C13H15FN2O3. The molecule has 1 atom stereocenters. The molecule has 0 spiro atoms. The zero-order chi connectivity index (χ0) is 14.0. The van der Waals surface area contributed by atoms with Crippen molar-refractivity contribution in [2.24, 2.45) is 11.7 Å². The molecule has 102 valence electrons. The third-order valence-electron chi connectivity index (χ3n) is 3.19. The van der Waals surface area contributed by atoms with Crippen LogP contribution < -0.4 is 10.6 Å². The van der Waals surface area contributed by atoms with Crippen molar-refractivity contribution in [2.75, 3.05) is 25.1 Å². The summed E-state index contributed by atoms with van der Waals surface area (Å²) < 4.78 is 17.9. The molecule has 1 aliphatic rings. The quantitative estimate of drug-likeness (QED) is 0.826. The molecule has 1 heterocycles. The molecule has 5 nitrogen and oxygen atoms in total. The molecule has 2 N–H and O–H groups in total. The number of nitrogens with two attached hydrogens (primary N) is 1. The van der Waals surface area contributed by atoms with Crippen LogP contribution in [0.25, 0.3) is 0 Å². The molecule has 2 rings (SSSR count). The lowest BCUT2D eigenvalue weighted by Crippen LogP contribution is -2.27. The second-order valence-corrected chi connectivity index (χ2v) is 4.46. The number of rotatable bonds is 3. The maximum atomic E-state index is 13.2. The van der Waals surface area contributed by atoms with Crippen LogP contribution in [0.5, 0.6) is 0 Å². The van der Waals surface area contributed by atoms with E-state index in [-0.39, 0.29) is 17.4 Å². The first-order valence-corrected chi connectivity index (χ1v) is 5.95. The first-order valence-electron chi connectivity index (χ1n) is 5.95. The average molecular weight is 266 g/mol. The Bertz CT molecular complexity index is 519. The molecule has 0 radical (unpaired) electrons. The first kappa shape index (κ1) is 13.5. The highest BCUT2D eigenvalue weighted by atomic mass is 19.1. The Morgan fingerprint density at radius 2 is 2.32 bits per heavy atom. The molecular weight excluding hydrogens is 251 g/mol. The lowest BCUT2D eigenvalue weighted by atomic mass is 10.1. The second-order valence-electron chi connectivity index (χ2n) is 4.46. The summed E-state index contributed by atoms with van der Waals surface area (Å²) in [5.41, 5.74) is 5.97. The summed E-state index contributed by atoms with van der Waals surface area (Å²) in [6.45, 7) is 0.835. The topological polar surface area (TPSA) is 72.6 Å². The third kappa shape index (κ3) is 2.58. The van der Waals surface area contributed by atoms with Gasteiger partial charge in [0.2, 0.25) is 5.91 Å². The number of anilines is 1. The van der Waals surface area contributed by atoms with Gasteiger partial charge in [-0.15, -0.1) is 0 Å². The highest BCUT2D eigenvalue weighted by Crippen LogP contribution is 2.28. The van der Waals surface area contributed by atoms with Crippen molar-refractivity contribution < 1.29 is 18.7 Å². The molecule has 1 amide bonds. The van der Waals surface area contributed by atoms with Gasteiger partial charge in [-0.2, -0.15) is 0 Å². The largest absolute Gasteiger partial charge is 0.465 e. The number of carbonyl (C=O) groups is 2. The minimum absolute atomic E-state index is 0.0496. The SMILES string of the molecule is COC(=O)c1cc(F)ccc1N1CC(CN)CC1=O. The van der Waals surface area contributed by atoms with Crippen LogP contribution in [0.15, 0.2) is 18.2 Å². The van der Waals surface area contributed by atoms with E-state index >= 15 is 0 Å². The van der Waals surface area contributed by atoms with Gasteiger partial charge in [-0.05, 0) is 30.7 Å². The number of carbonyl (C=O) groups excluding carboxylic acids is 2. The van der Waals surface area contributed by atoms with E-state index in [4.69, 9.17) is 5.73 Å². The van der Waals surface area contributed by atoms with E-state index in [9.17, 15) is 14.0 Å². The normalized spacial score (nSPS) is 18.8. The van der Waals surface area contributed by atoms with E-state index in [1.54, 1.807) is 0 Å². The molecule has 1 unspecified atom stereocenters. The minimum Gasteiger partial charge on any atom is -0.465 e. The number of amides is 1. The van der Waals surface area contributed by atoms with E-state index in [1.165, 1.54) is 24.1 Å². The number of esters is 1. The summed E-state index contributed by atoms with van der Waals surface area (Å²) in [6.07, 6.45) is 0.342. The number of hydrogen-bond donors (Lipinski definition) is 1. The molecule has 0 aliphatic carbocycles. The Balaban J connectivity index is 2.39. The molecule has 0 bridgehead atoms. The van der Waals surface area contributed by atoms with Gasteiger partial charge >= 0.3 is 5.97 Å². The van der Waals surface area contributed by atoms with Crippen molar-refractivity contribution >= 4 is 17.6 Å². The van der Waals surface area contributed by atoms with Crippen molar-refractivity contribution in [1.29, 1.82) is 0 Å². The Hall–Kier alpha value is -1.95. The zero-order valence-corrected chi connectivity index (χ0v) is 10.6. The van der Waals surface area contributed by atoms with Gasteiger partial charge in [0.15, 0.2) is 0 Å². The summed E-state index contributed by atoms with van der Waals surface area (Å²) in [7, 11) is 1.21. The number of ether oxygens (including phenoxy) is 1. The predicted molar refractivity (Wildman–Crippen MR) is 67.3 cm³/mol. The van der Waals surface area contributed by atoms with Crippen LogP contribution in [-0.4, -0.2) is 32.1 Å². The summed E-state index contributed by atoms with van der Waals surface area (Å²) in [5, 5.41) is 0. The number of halogens is 1. The lowest BCUT2D eigenvalue weighted by molar-refractivity contribution is -0.117. The fourth-order valence-corrected chi connectivity index (χ4v) is 2.19. The lowest BCUT2D eigenvalue weighted by Gasteiger charge is -2.19. The molecule has 1 aliphatic heterocycles. The van der Waals surface area contributed by atoms with E-state index in [0.29, 0.717) is 25.2 Å². The van der Waals surface area contributed by atoms with E-state index in [0.717, 1.165) is 6.07 Å². The van der Waals surface area contributed by atoms with Gasteiger partial charge in [0.25, 0.3) is 0 Å². The van der Waals surface area contributed by atoms with Gasteiger partial charge in [0, 0.05) is 13.0 Å². The van der Waals surface area contributed by atoms with E-state index < -0.39 is 11.8 Å². The molecule has 19 heavy (non-hydrogen) atoms. The summed E-state index contributed by atoms with van der Waals surface area (Å²) in [5.74, 6) is -1.28. The Kier molecular flexibility index (Phi) is 3.80. The van der Waals surface area contributed by atoms with Crippen LogP contribution in [0.2, 0.25) is 0 Å². The van der Waals surface area contributed by atoms with Gasteiger partial charge in [0.1, 0.15) is 5.82 Å². The summed E-state index contributed by atoms with van der Waals surface area (Å²) in [6, 6.07) is 3.70. The average Bonchev–Trinajstić information content (AvgIpc) is 2.79. The smallest absolute Gasteiger partial charge is 0.340 e. The summed E-state index contributed by atoms with van der Waals surface area (Å²) >= 11 is 0. The molecule has 1 aromatic carbocycles. The van der Waals surface area contributed by atoms with E-state index in [2.05, 4.69) is 4.74 Å². The number of hydrogen-bond acceptors (Lipinski definition) is 4. The Labute approximate surface area is 110 Å². The molecule has 6 heteroatoms.